The first-order valence-corrected chi connectivity index (χ1v) is 7.73. The van der Waals surface area contributed by atoms with Gasteiger partial charge >= 0.3 is 5.97 Å². The molecule has 6 nitrogen and oxygen atoms in total. The second kappa shape index (κ2) is 8.00. The number of carbonyl (C=O) groups is 3. The molecule has 2 amide bonds. The number of hydrogen-bond donors (Lipinski definition) is 3. The molecule has 0 radical (unpaired) electrons. The Morgan fingerprint density at radius 3 is 2.24 bits per heavy atom. The highest BCUT2D eigenvalue weighted by Gasteiger charge is 2.36. The van der Waals surface area contributed by atoms with Gasteiger partial charge in [-0.05, 0) is 32.1 Å². The van der Waals surface area contributed by atoms with Crippen molar-refractivity contribution in [3.8, 4) is 0 Å². The van der Waals surface area contributed by atoms with E-state index in [1.54, 1.807) is 13.8 Å². The standard InChI is InChI=1S/C15H26N2O4/c1-3-15(4-2,14(20)21)10-13(19)16-9-5-6-12(18)17-11-7-8-11/h11H,3-10H2,1-2H3,(H,16,19)(H,17,18)(H,20,21). The van der Waals surface area contributed by atoms with Crippen molar-refractivity contribution in [2.45, 2.75) is 64.8 Å². The zero-order chi connectivity index (χ0) is 15.9. The van der Waals surface area contributed by atoms with Crippen LogP contribution in [0.15, 0.2) is 0 Å². The normalized spacial score (nSPS) is 14.6. The molecule has 0 saturated heterocycles. The molecule has 0 bridgehead atoms. The summed E-state index contributed by atoms with van der Waals surface area (Å²) in [4.78, 5) is 34.6. The summed E-state index contributed by atoms with van der Waals surface area (Å²) >= 11 is 0. The van der Waals surface area contributed by atoms with Crippen molar-refractivity contribution in [3.05, 3.63) is 0 Å². The fraction of sp³-hybridized carbons (Fsp3) is 0.800. The molecule has 6 heteroatoms. The van der Waals surface area contributed by atoms with Crippen LogP contribution in [-0.2, 0) is 14.4 Å². The highest BCUT2D eigenvalue weighted by atomic mass is 16.4. The summed E-state index contributed by atoms with van der Waals surface area (Å²) in [5, 5.41) is 14.9. The van der Waals surface area contributed by atoms with E-state index in [9.17, 15) is 19.5 Å². The van der Waals surface area contributed by atoms with Crippen LogP contribution in [0.2, 0.25) is 0 Å². The third-order valence-corrected chi connectivity index (χ3v) is 4.15. The van der Waals surface area contributed by atoms with E-state index in [0.717, 1.165) is 12.8 Å². The van der Waals surface area contributed by atoms with Gasteiger partial charge in [-0.1, -0.05) is 13.8 Å². The van der Waals surface area contributed by atoms with Crippen molar-refractivity contribution in [3.63, 3.8) is 0 Å². The van der Waals surface area contributed by atoms with Gasteiger partial charge in [-0.15, -0.1) is 0 Å². The van der Waals surface area contributed by atoms with Gasteiger partial charge in [-0.2, -0.15) is 0 Å². The second-order valence-corrected chi connectivity index (χ2v) is 5.76. The van der Waals surface area contributed by atoms with Crippen LogP contribution in [0, 0.1) is 5.41 Å². The largest absolute Gasteiger partial charge is 0.481 e. The fourth-order valence-corrected chi connectivity index (χ4v) is 2.25. The van der Waals surface area contributed by atoms with Crippen LogP contribution < -0.4 is 10.6 Å². The minimum atomic E-state index is -0.979. The molecular weight excluding hydrogens is 272 g/mol. The molecule has 1 fully saturated rings. The molecule has 0 atom stereocenters. The quantitative estimate of drug-likeness (QED) is 0.532. The third kappa shape index (κ3) is 5.73. The molecule has 0 heterocycles. The Kier molecular flexibility index (Phi) is 6.65. The fourth-order valence-electron chi connectivity index (χ4n) is 2.25. The monoisotopic (exact) mass is 298 g/mol. The number of hydrogen-bond acceptors (Lipinski definition) is 3. The maximum Gasteiger partial charge on any atom is 0.310 e. The summed E-state index contributed by atoms with van der Waals surface area (Å²) in [6.45, 7) is 3.97. The third-order valence-electron chi connectivity index (χ3n) is 4.15. The first kappa shape index (κ1) is 17.5. The topological polar surface area (TPSA) is 95.5 Å². The highest BCUT2D eigenvalue weighted by molar-refractivity contribution is 5.85. The molecule has 3 N–H and O–H groups in total. The summed E-state index contributed by atoms with van der Waals surface area (Å²) in [5.41, 5.74) is -0.979. The van der Waals surface area contributed by atoms with Gasteiger partial charge in [-0.3, -0.25) is 14.4 Å². The molecular formula is C15H26N2O4. The van der Waals surface area contributed by atoms with E-state index in [1.807, 2.05) is 0 Å². The number of carbonyl (C=O) groups excluding carboxylic acids is 2. The lowest BCUT2D eigenvalue weighted by Gasteiger charge is -2.25. The van der Waals surface area contributed by atoms with Gasteiger partial charge in [0.1, 0.15) is 0 Å². The predicted molar refractivity (Wildman–Crippen MR) is 78.7 cm³/mol. The number of amides is 2. The van der Waals surface area contributed by atoms with Crippen molar-refractivity contribution < 1.29 is 19.5 Å². The van der Waals surface area contributed by atoms with E-state index in [2.05, 4.69) is 10.6 Å². The second-order valence-electron chi connectivity index (χ2n) is 5.76. The van der Waals surface area contributed by atoms with Crippen molar-refractivity contribution in [1.82, 2.24) is 10.6 Å². The van der Waals surface area contributed by atoms with Crippen LogP contribution in [-0.4, -0.2) is 35.5 Å². The number of nitrogens with one attached hydrogen (secondary N) is 2. The molecule has 0 spiro atoms. The summed E-state index contributed by atoms with van der Waals surface area (Å²) in [5.74, 6) is -1.16. The minimum Gasteiger partial charge on any atom is -0.481 e. The average Bonchev–Trinajstić information content (AvgIpc) is 3.24. The van der Waals surface area contributed by atoms with E-state index in [1.165, 1.54) is 0 Å². The Balaban J connectivity index is 2.23. The van der Waals surface area contributed by atoms with Crippen LogP contribution in [0.25, 0.3) is 0 Å². The van der Waals surface area contributed by atoms with Crippen molar-refractivity contribution >= 4 is 17.8 Å². The lowest BCUT2D eigenvalue weighted by molar-refractivity contribution is -0.152. The van der Waals surface area contributed by atoms with Crippen molar-refractivity contribution in [1.29, 1.82) is 0 Å². The zero-order valence-electron chi connectivity index (χ0n) is 12.9. The van der Waals surface area contributed by atoms with Crippen LogP contribution >= 0.6 is 0 Å². The highest BCUT2D eigenvalue weighted by Crippen LogP contribution is 2.30. The number of carboxylic acids is 1. The van der Waals surface area contributed by atoms with Crippen LogP contribution in [0.4, 0.5) is 0 Å². The Labute approximate surface area is 125 Å². The first-order chi connectivity index (χ1) is 9.93. The van der Waals surface area contributed by atoms with Gasteiger partial charge < -0.3 is 15.7 Å². The van der Waals surface area contributed by atoms with E-state index >= 15 is 0 Å². The summed E-state index contributed by atoms with van der Waals surface area (Å²) in [6, 6.07) is 0.359. The minimum absolute atomic E-state index is 0.0103. The van der Waals surface area contributed by atoms with Gasteiger partial charge in [0.25, 0.3) is 0 Å². The maximum absolute atomic E-state index is 11.8. The Morgan fingerprint density at radius 1 is 1.14 bits per heavy atom. The van der Waals surface area contributed by atoms with Gasteiger partial charge in [0.15, 0.2) is 0 Å². The average molecular weight is 298 g/mol. The number of aliphatic carboxylic acids is 1. The lowest BCUT2D eigenvalue weighted by Crippen LogP contribution is -2.37. The summed E-state index contributed by atoms with van der Waals surface area (Å²) < 4.78 is 0. The zero-order valence-corrected chi connectivity index (χ0v) is 12.9. The van der Waals surface area contributed by atoms with E-state index in [-0.39, 0.29) is 18.2 Å². The molecule has 0 aromatic heterocycles. The van der Waals surface area contributed by atoms with E-state index in [0.29, 0.717) is 38.3 Å². The molecule has 0 unspecified atom stereocenters. The molecule has 1 saturated carbocycles. The first-order valence-electron chi connectivity index (χ1n) is 7.73. The van der Waals surface area contributed by atoms with Crippen LogP contribution in [0.3, 0.4) is 0 Å². The lowest BCUT2D eigenvalue weighted by atomic mass is 9.79. The van der Waals surface area contributed by atoms with E-state index in [4.69, 9.17) is 0 Å². The number of carboxylic acid groups (broad SMARTS) is 1. The molecule has 0 aromatic carbocycles. The van der Waals surface area contributed by atoms with Gasteiger partial charge in [0.2, 0.25) is 11.8 Å². The van der Waals surface area contributed by atoms with Gasteiger partial charge in [0, 0.05) is 25.4 Å². The summed E-state index contributed by atoms with van der Waals surface area (Å²) in [6.07, 6.45) is 3.93. The molecule has 120 valence electrons. The SMILES string of the molecule is CCC(CC)(CC(=O)NCCCC(=O)NC1CC1)C(=O)O. The van der Waals surface area contributed by atoms with E-state index < -0.39 is 11.4 Å². The Morgan fingerprint density at radius 2 is 1.76 bits per heavy atom. The van der Waals surface area contributed by atoms with Crippen molar-refractivity contribution in [2.24, 2.45) is 5.41 Å². The molecule has 0 aliphatic heterocycles. The Bertz CT molecular complexity index is 387. The Hall–Kier alpha value is -1.59. The van der Waals surface area contributed by atoms with Gasteiger partial charge in [-0.25, -0.2) is 0 Å². The molecule has 21 heavy (non-hydrogen) atoms. The molecule has 1 aliphatic rings. The smallest absolute Gasteiger partial charge is 0.310 e. The molecule has 1 rings (SSSR count). The summed E-state index contributed by atoms with van der Waals surface area (Å²) in [7, 11) is 0. The van der Waals surface area contributed by atoms with Crippen molar-refractivity contribution in [2.75, 3.05) is 6.54 Å². The van der Waals surface area contributed by atoms with Crippen LogP contribution in [0.1, 0.15) is 58.8 Å². The molecule has 1 aliphatic carbocycles. The predicted octanol–water partition coefficient (Wildman–Crippen LogP) is 1.44. The number of rotatable bonds is 10. The maximum atomic E-state index is 11.8. The van der Waals surface area contributed by atoms with Gasteiger partial charge in [0.05, 0.1) is 5.41 Å². The molecule has 0 aromatic rings. The van der Waals surface area contributed by atoms with Crippen LogP contribution in [0.5, 0.6) is 0 Å².